The molecule has 1 saturated heterocycles. The second kappa shape index (κ2) is 13.3. The van der Waals surface area contributed by atoms with Gasteiger partial charge in [0.1, 0.15) is 24.5 Å². The number of rotatable bonds is 11. The van der Waals surface area contributed by atoms with E-state index in [1.165, 1.54) is 11.6 Å². The Morgan fingerprint density at radius 1 is 0.875 bits per heavy atom. The minimum Gasteiger partial charge on any atom is -0.490 e. The number of amides is 4. The van der Waals surface area contributed by atoms with Gasteiger partial charge in [0.2, 0.25) is 0 Å². The summed E-state index contributed by atoms with van der Waals surface area (Å²) >= 11 is 3.33. The molecule has 1 N–H and O–H groups in total. The molecule has 0 radical (unpaired) electrons. The number of imide groups is 2. The summed E-state index contributed by atoms with van der Waals surface area (Å²) in [4.78, 5) is 39.1. The van der Waals surface area contributed by atoms with Crippen molar-refractivity contribution in [2.75, 3.05) is 24.7 Å². The van der Waals surface area contributed by atoms with E-state index in [9.17, 15) is 14.4 Å². The quantitative estimate of drug-likeness (QED) is 0.152. The Kier molecular flexibility index (Phi) is 9.60. The minimum absolute atomic E-state index is 0.175. The lowest BCUT2D eigenvalue weighted by atomic mass is 9.99. The molecule has 0 spiro atoms. The van der Waals surface area contributed by atoms with E-state index in [-0.39, 0.29) is 5.57 Å². The number of carbonyl (C=O) groups excluding carboxylic acids is 3. The zero-order valence-electron chi connectivity index (χ0n) is 22.6. The Hall–Kier alpha value is -4.11. The van der Waals surface area contributed by atoms with Crippen LogP contribution in [0.5, 0.6) is 17.2 Å². The molecule has 1 fully saturated rings. The average molecular weight is 608 g/mol. The third-order valence-corrected chi connectivity index (χ3v) is 6.96. The van der Waals surface area contributed by atoms with Crippen molar-refractivity contribution in [1.29, 1.82) is 0 Å². The molecule has 40 heavy (non-hydrogen) atoms. The van der Waals surface area contributed by atoms with Crippen molar-refractivity contribution in [3.05, 3.63) is 87.9 Å². The molecule has 3 aromatic rings. The summed E-state index contributed by atoms with van der Waals surface area (Å²) < 4.78 is 18.3. The van der Waals surface area contributed by atoms with Crippen molar-refractivity contribution in [3.8, 4) is 17.2 Å². The second-order valence-corrected chi connectivity index (χ2v) is 10.1. The number of halogens is 1. The number of nitrogens with one attached hydrogen (secondary N) is 1. The first-order chi connectivity index (χ1) is 19.3. The van der Waals surface area contributed by atoms with Gasteiger partial charge in [0.05, 0.1) is 12.3 Å². The smallest absolute Gasteiger partial charge is 0.335 e. The monoisotopic (exact) mass is 606 g/mol. The number of carbonyl (C=O) groups is 3. The van der Waals surface area contributed by atoms with Crippen LogP contribution in [0.4, 0.5) is 10.5 Å². The first kappa shape index (κ1) is 28.9. The lowest BCUT2D eigenvalue weighted by Gasteiger charge is -2.26. The highest BCUT2D eigenvalue weighted by Crippen LogP contribution is 2.31. The number of ether oxygens (including phenoxy) is 3. The predicted molar refractivity (Wildman–Crippen MR) is 157 cm³/mol. The average Bonchev–Trinajstić information content (AvgIpc) is 2.95. The third kappa shape index (κ3) is 6.90. The zero-order valence-corrected chi connectivity index (χ0v) is 24.2. The summed E-state index contributed by atoms with van der Waals surface area (Å²) in [6.45, 7) is 7.23. The summed E-state index contributed by atoms with van der Waals surface area (Å²) in [5.74, 6) is 0.755. The molecule has 1 atom stereocenters. The fourth-order valence-corrected chi connectivity index (χ4v) is 4.35. The summed E-state index contributed by atoms with van der Waals surface area (Å²) in [5.41, 5.74) is 1.99. The molecule has 0 bridgehead atoms. The van der Waals surface area contributed by atoms with Gasteiger partial charge in [-0.3, -0.25) is 14.9 Å². The van der Waals surface area contributed by atoms with Crippen LogP contribution in [-0.4, -0.2) is 37.7 Å². The highest BCUT2D eigenvalue weighted by Gasteiger charge is 2.36. The van der Waals surface area contributed by atoms with Crippen molar-refractivity contribution < 1.29 is 28.6 Å². The fourth-order valence-electron chi connectivity index (χ4n) is 4.09. The van der Waals surface area contributed by atoms with Crippen LogP contribution >= 0.6 is 15.9 Å². The molecule has 1 aliphatic heterocycles. The van der Waals surface area contributed by atoms with Gasteiger partial charge in [0, 0.05) is 4.47 Å². The first-order valence-corrected chi connectivity index (χ1v) is 13.9. The lowest BCUT2D eigenvalue weighted by Crippen LogP contribution is -2.54. The van der Waals surface area contributed by atoms with E-state index in [4.69, 9.17) is 14.2 Å². The predicted octanol–water partition coefficient (Wildman–Crippen LogP) is 6.49. The largest absolute Gasteiger partial charge is 0.490 e. The first-order valence-electron chi connectivity index (χ1n) is 13.1. The Balaban J connectivity index is 1.45. The molecule has 4 rings (SSSR count). The van der Waals surface area contributed by atoms with Crippen molar-refractivity contribution in [2.45, 2.75) is 33.1 Å². The van der Waals surface area contributed by atoms with Gasteiger partial charge in [-0.05, 0) is 85.0 Å². The number of anilines is 1. The maximum atomic E-state index is 13.2. The molecule has 9 heteroatoms. The maximum Gasteiger partial charge on any atom is 0.335 e. The summed E-state index contributed by atoms with van der Waals surface area (Å²) in [7, 11) is 0. The number of nitrogens with zero attached hydrogens (tertiary/aromatic N) is 1. The van der Waals surface area contributed by atoms with Gasteiger partial charge in [0.15, 0.2) is 11.5 Å². The molecular weight excluding hydrogens is 576 g/mol. The van der Waals surface area contributed by atoms with Gasteiger partial charge in [0.25, 0.3) is 11.8 Å². The summed E-state index contributed by atoms with van der Waals surface area (Å²) in [6, 6.07) is 19.0. The van der Waals surface area contributed by atoms with Crippen LogP contribution in [0.1, 0.15) is 44.2 Å². The Labute approximate surface area is 242 Å². The SMILES string of the molecule is CCOc1cc(/C=C2/C(=O)NC(=O)N(c3ccc(Br)cc3)C2=O)ccc1OCCOc1ccc([C@H](C)CC)cc1. The third-order valence-electron chi connectivity index (χ3n) is 6.44. The van der Waals surface area contributed by atoms with Crippen LogP contribution in [0, 0.1) is 0 Å². The van der Waals surface area contributed by atoms with E-state index >= 15 is 0 Å². The van der Waals surface area contributed by atoms with E-state index < -0.39 is 17.8 Å². The number of barbiturate groups is 1. The van der Waals surface area contributed by atoms with Gasteiger partial charge in [-0.2, -0.15) is 0 Å². The molecule has 0 saturated carbocycles. The summed E-state index contributed by atoms with van der Waals surface area (Å²) in [6.07, 6.45) is 2.51. The van der Waals surface area contributed by atoms with Crippen molar-refractivity contribution >= 4 is 45.5 Å². The molecular formula is C31H31BrN2O6. The van der Waals surface area contributed by atoms with E-state index in [2.05, 4.69) is 47.2 Å². The topological polar surface area (TPSA) is 94.2 Å². The Bertz CT molecular complexity index is 1400. The van der Waals surface area contributed by atoms with Gasteiger partial charge in [-0.15, -0.1) is 0 Å². The molecule has 8 nitrogen and oxygen atoms in total. The molecule has 1 heterocycles. The highest BCUT2D eigenvalue weighted by atomic mass is 79.9. The van der Waals surface area contributed by atoms with Crippen LogP contribution in [0.2, 0.25) is 0 Å². The normalized spacial score (nSPS) is 15.2. The molecule has 1 aliphatic rings. The van der Waals surface area contributed by atoms with E-state index in [0.717, 1.165) is 21.5 Å². The van der Waals surface area contributed by atoms with Gasteiger partial charge in [-0.25, -0.2) is 9.69 Å². The van der Waals surface area contributed by atoms with E-state index in [1.54, 1.807) is 42.5 Å². The van der Waals surface area contributed by atoms with E-state index in [0.29, 0.717) is 48.5 Å². The molecule has 0 aromatic heterocycles. The van der Waals surface area contributed by atoms with Gasteiger partial charge in [-0.1, -0.05) is 48.0 Å². The molecule has 0 aliphatic carbocycles. The molecule has 3 aromatic carbocycles. The lowest BCUT2D eigenvalue weighted by molar-refractivity contribution is -0.122. The molecule has 208 valence electrons. The van der Waals surface area contributed by atoms with Crippen LogP contribution in [0.3, 0.4) is 0 Å². The van der Waals surface area contributed by atoms with Crippen LogP contribution in [0.25, 0.3) is 6.08 Å². The van der Waals surface area contributed by atoms with Crippen molar-refractivity contribution in [3.63, 3.8) is 0 Å². The zero-order chi connectivity index (χ0) is 28.6. The molecule has 0 unspecified atom stereocenters. The van der Waals surface area contributed by atoms with Crippen LogP contribution in [0.15, 0.2) is 76.8 Å². The Morgan fingerprint density at radius 2 is 1.57 bits per heavy atom. The minimum atomic E-state index is -0.804. The number of benzene rings is 3. The van der Waals surface area contributed by atoms with Gasteiger partial charge >= 0.3 is 6.03 Å². The van der Waals surface area contributed by atoms with E-state index in [1.807, 2.05) is 19.1 Å². The van der Waals surface area contributed by atoms with Crippen LogP contribution < -0.4 is 24.4 Å². The number of hydrogen-bond donors (Lipinski definition) is 1. The standard InChI is InChI=1S/C31H31BrN2O6/c1-4-20(3)22-7-13-25(14-8-22)39-16-17-40-27-15-6-21(19-28(27)38-5-2)18-26-29(35)33-31(37)34(30(26)36)24-11-9-23(32)10-12-24/h6-15,18-20H,4-5,16-17H2,1-3H3,(H,33,35,37)/b26-18-/t20-/m1/s1. The van der Waals surface area contributed by atoms with Crippen LogP contribution in [-0.2, 0) is 9.59 Å². The van der Waals surface area contributed by atoms with Gasteiger partial charge < -0.3 is 14.2 Å². The van der Waals surface area contributed by atoms with Crippen molar-refractivity contribution in [1.82, 2.24) is 5.32 Å². The second-order valence-electron chi connectivity index (χ2n) is 9.15. The fraction of sp³-hybridized carbons (Fsp3) is 0.258. The number of urea groups is 1. The highest BCUT2D eigenvalue weighted by molar-refractivity contribution is 9.10. The summed E-state index contributed by atoms with van der Waals surface area (Å²) in [5, 5.41) is 2.23. The Morgan fingerprint density at radius 3 is 2.25 bits per heavy atom. The maximum absolute atomic E-state index is 13.2. The number of hydrogen-bond acceptors (Lipinski definition) is 6. The van der Waals surface area contributed by atoms with Crippen molar-refractivity contribution in [2.24, 2.45) is 0 Å². The molecule has 4 amide bonds.